The van der Waals surface area contributed by atoms with Crippen LogP contribution in [0.25, 0.3) is 33.5 Å². The van der Waals surface area contributed by atoms with Gasteiger partial charge in [-0.25, -0.2) is 4.98 Å². The van der Waals surface area contributed by atoms with E-state index in [-0.39, 0.29) is 11.9 Å². The molecule has 1 aliphatic carbocycles. The maximum atomic E-state index is 13.1. The van der Waals surface area contributed by atoms with Crippen LogP contribution in [-0.2, 0) is 6.54 Å². The highest BCUT2D eigenvalue weighted by molar-refractivity contribution is 6.05. The van der Waals surface area contributed by atoms with Gasteiger partial charge in [0.1, 0.15) is 5.65 Å². The summed E-state index contributed by atoms with van der Waals surface area (Å²) in [4.78, 5) is 28.1. The second-order valence-electron chi connectivity index (χ2n) is 12.7. The quantitative estimate of drug-likeness (QED) is 0.169. The van der Waals surface area contributed by atoms with Gasteiger partial charge >= 0.3 is 0 Å². The molecule has 2 aliphatic rings. The number of nitrogens with two attached hydrogens (primary N) is 1. The monoisotopic (exact) mass is 586 g/mol. The first-order chi connectivity index (χ1) is 21.2. The average Bonchev–Trinajstić information content (AvgIpc) is 3.78. The second-order valence-corrected chi connectivity index (χ2v) is 12.7. The number of nitrogens with one attached hydrogen (secondary N) is 2. The van der Waals surface area contributed by atoms with Crippen LogP contribution in [0, 0.1) is 6.92 Å². The van der Waals surface area contributed by atoms with Crippen molar-refractivity contribution in [2.24, 2.45) is 0 Å². The van der Waals surface area contributed by atoms with E-state index in [1.807, 2.05) is 44.2 Å². The Kier molecular flexibility index (Phi) is 7.19. The molecule has 5 N–H and O–H groups in total. The molecule has 0 spiro atoms. The minimum absolute atomic E-state index is 0.139. The van der Waals surface area contributed by atoms with E-state index in [0.717, 1.165) is 71.6 Å². The van der Waals surface area contributed by atoms with Gasteiger partial charge in [-0.3, -0.25) is 9.69 Å². The number of piperidine rings is 1. The second kappa shape index (κ2) is 11.2. The number of carbonyl (C=O) groups excluding carboxylic acids is 1. The molecule has 1 saturated heterocycles. The third kappa shape index (κ3) is 5.83. The molecule has 5 aromatic rings. The zero-order valence-corrected chi connectivity index (χ0v) is 25.2. The molecule has 0 unspecified atom stereocenters. The van der Waals surface area contributed by atoms with Crippen LogP contribution in [0.5, 0.6) is 0 Å². The summed E-state index contributed by atoms with van der Waals surface area (Å²) in [5, 5.41) is 14.2. The number of rotatable bonds is 7. The molecule has 3 aromatic carbocycles. The van der Waals surface area contributed by atoms with Gasteiger partial charge in [-0.1, -0.05) is 48.5 Å². The molecule has 2 fully saturated rings. The van der Waals surface area contributed by atoms with Crippen LogP contribution in [0.15, 0.2) is 72.8 Å². The number of nitrogen functional groups attached to an aromatic ring is 1. The fourth-order valence-corrected chi connectivity index (χ4v) is 6.17. The molecule has 224 valence electrons. The molecule has 44 heavy (non-hydrogen) atoms. The van der Waals surface area contributed by atoms with E-state index < -0.39 is 5.60 Å². The third-order valence-corrected chi connectivity index (χ3v) is 9.17. The Balaban J connectivity index is 1.13. The molecule has 7 rings (SSSR count). The SMILES string of the molecule is Cc1c(NC(=O)c2ccc(C3CC3)cc2)cccc1-c1nc(N)nc2[nH]c(-c3ccc(CN4CCC(C)(O)CC4)cc3)cc12. The summed E-state index contributed by atoms with van der Waals surface area (Å²) in [5.41, 5.74) is 14.7. The number of fused-ring (bicyclic) bond motifs is 1. The van der Waals surface area contributed by atoms with Gasteiger partial charge in [0, 0.05) is 47.5 Å². The van der Waals surface area contributed by atoms with Crippen LogP contribution in [0.1, 0.15) is 65.6 Å². The summed E-state index contributed by atoms with van der Waals surface area (Å²) in [6.07, 6.45) is 4.07. The molecule has 0 bridgehead atoms. The lowest BCUT2D eigenvalue weighted by atomic mass is 9.93. The summed E-state index contributed by atoms with van der Waals surface area (Å²) in [6, 6.07) is 24.4. The lowest BCUT2D eigenvalue weighted by molar-refractivity contribution is -0.00730. The molecule has 8 heteroatoms. The highest BCUT2D eigenvalue weighted by Gasteiger charge is 2.27. The average molecular weight is 587 g/mol. The Labute approximate surface area is 257 Å². The Bertz CT molecular complexity index is 1830. The maximum Gasteiger partial charge on any atom is 0.255 e. The Morgan fingerprint density at radius 1 is 1.05 bits per heavy atom. The van der Waals surface area contributed by atoms with Crippen LogP contribution in [0.3, 0.4) is 0 Å². The number of aromatic amines is 1. The minimum atomic E-state index is -0.545. The number of likely N-dealkylation sites (tertiary alicyclic amines) is 1. The number of anilines is 2. The lowest BCUT2D eigenvalue weighted by Crippen LogP contribution is -2.41. The number of H-pyrrole nitrogens is 1. The summed E-state index contributed by atoms with van der Waals surface area (Å²) < 4.78 is 0. The Hall–Kier alpha value is -4.53. The van der Waals surface area contributed by atoms with E-state index in [1.165, 1.54) is 24.0 Å². The molecule has 2 aromatic heterocycles. The van der Waals surface area contributed by atoms with Crippen molar-refractivity contribution in [3.63, 3.8) is 0 Å². The maximum absolute atomic E-state index is 13.1. The first-order valence-corrected chi connectivity index (χ1v) is 15.4. The standard InChI is InChI=1S/C36H38N6O2/c1-22-28(4-3-5-30(22)39-34(43)27-14-12-25(13-15-27)24-10-11-24)32-29-20-31(38-33(29)41-35(37)40-32)26-8-6-23(7-9-26)21-42-18-16-36(2,44)17-19-42/h3-9,12-15,20,24,44H,10-11,16-19,21H2,1-2H3,(H,39,43)(H3,37,38,40,41). The number of nitrogens with zero attached hydrogens (tertiary/aromatic N) is 3. The molecular weight excluding hydrogens is 548 g/mol. The topological polar surface area (TPSA) is 120 Å². The van der Waals surface area contributed by atoms with Gasteiger partial charge in [0.05, 0.1) is 11.3 Å². The van der Waals surface area contributed by atoms with Crippen molar-refractivity contribution in [2.45, 2.75) is 57.6 Å². The van der Waals surface area contributed by atoms with Crippen molar-refractivity contribution in [1.82, 2.24) is 19.9 Å². The van der Waals surface area contributed by atoms with Crippen LogP contribution in [0.4, 0.5) is 11.6 Å². The molecule has 3 heterocycles. The van der Waals surface area contributed by atoms with Crippen molar-refractivity contribution in [1.29, 1.82) is 0 Å². The highest BCUT2D eigenvalue weighted by atomic mass is 16.3. The summed E-state index contributed by atoms with van der Waals surface area (Å²) in [5.74, 6) is 0.697. The van der Waals surface area contributed by atoms with Gasteiger partial charge in [-0.05, 0) is 92.0 Å². The van der Waals surface area contributed by atoms with Crippen molar-refractivity contribution in [3.05, 3.63) is 95.1 Å². The number of benzene rings is 3. The van der Waals surface area contributed by atoms with Gasteiger partial charge in [0.15, 0.2) is 0 Å². The molecule has 0 atom stereocenters. The van der Waals surface area contributed by atoms with Gasteiger partial charge < -0.3 is 21.1 Å². The molecule has 0 radical (unpaired) electrons. The molecule has 1 amide bonds. The van der Waals surface area contributed by atoms with E-state index in [2.05, 4.69) is 67.6 Å². The Morgan fingerprint density at radius 2 is 1.77 bits per heavy atom. The lowest BCUT2D eigenvalue weighted by Gasteiger charge is -2.35. The first-order valence-electron chi connectivity index (χ1n) is 15.4. The van der Waals surface area contributed by atoms with Crippen molar-refractivity contribution in [3.8, 4) is 22.5 Å². The van der Waals surface area contributed by atoms with Crippen LogP contribution in [0.2, 0.25) is 0 Å². The number of aromatic nitrogens is 3. The number of aliphatic hydroxyl groups is 1. The molecule has 8 nitrogen and oxygen atoms in total. The van der Waals surface area contributed by atoms with E-state index in [4.69, 9.17) is 5.73 Å². The minimum Gasteiger partial charge on any atom is -0.390 e. The van der Waals surface area contributed by atoms with Crippen molar-refractivity contribution in [2.75, 3.05) is 24.1 Å². The molecular formula is C36H38N6O2. The van der Waals surface area contributed by atoms with Crippen molar-refractivity contribution < 1.29 is 9.90 Å². The fraction of sp³-hybridized carbons (Fsp3) is 0.306. The highest BCUT2D eigenvalue weighted by Crippen LogP contribution is 2.40. The third-order valence-electron chi connectivity index (χ3n) is 9.17. The summed E-state index contributed by atoms with van der Waals surface area (Å²) >= 11 is 0. The fourth-order valence-electron chi connectivity index (χ4n) is 6.17. The van der Waals surface area contributed by atoms with E-state index >= 15 is 0 Å². The van der Waals surface area contributed by atoms with E-state index in [9.17, 15) is 9.90 Å². The Morgan fingerprint density at radius 3 is 2.48 bits per heavy atom. The van der Waals surface area contributed by atoms with Crippen LogP contribution < -0.4 is 11.1 Å². The van der Waals surface area contributed by atoms with E-state index in [1.54, 1.807) is 0 Å². The summed E-state index contributed by atoms with van der Waals surface area (Å²) in [6.45, 7) is 6.58. The van der Waals surface area contributed by atoms with Gasteiger partial charge in [0.25, 0.3) is 5.91 Å². The first kappa shape index (κ1) is 28.3. The van der Waals surface area contributed by atoms with Crippen LogP contribution >= 0.6 is 0 Å². The van der Waals surface area contributed by atoms with Gasteiger partial charge in [-0.15, -0.1) is 0 Å². The number of hydrogen-bond acceptors (Lipinski definition) is 6. The van der Waals surface area contributed by atoms with Gasteiger partial charge in [0.2, 0.25) is 5.95 Å². The number of carbonyl (C=O) groups is 1. The zero-order chi connectivity index (χ0) is 30.4. The normalized spacial score (nSPS) is 16.7. The van der Waals surface area contributed by atoms with Crippen LogP contribution in [-0.4, -0.2) is 49.6 Å². The van der Waals surface area contributed by atoms with E-state index in [0.29, 0.717) is 17.1 Å². The predicted octanol–water partition coefficient (Wildman–Crippen LogP) is 6.66. The largest absolute Gasteiger partial charge is 0.390 e. The molecule has 1 aliphatic heterocycles. The summed E-state index contributed by atoms with van der Waals surface area (Å²) in [7, 11) is 0. The predicted molar refractivity (Wildman–Crippen MR) is 175 cm³/mol. The number of hydrogen-bond donors (Lipinski definition) is 4. The van der Waals surface area contributed by atoms with Crippen molar-refractivity contribution >= 4 is 28.6 Å². The number of amides is 1. The smallest absolute Gasteiger partial charge is 0.255 e. The van der Waals surface area contributed by atoms with Gasteiger partial charge in [-0.2, -0.15) is 4.98 Å². The molecule has 1 saturated carbocycles. The zero-order valence-electron chi connectivity index (χ0n) is 25.2.